The number of amides is 2. The van der Waals surface area contributed by atoms with E-state index in [-0.39, 0.29) is 13.2 Å². The molecule has 21 heavy (non-hydrogen) atoms. The summed E-state index contributed by atoms with van der Waals surface area (Å²) in [5, 5.41) is 11.9. The third-order valence-corrected chi connectivity index (χ3v) is 4.00. The molecule has 3 unspecified atom stereocenters. The molecule has 0 aromatic carbocycles. The summed E-state index contributed by atoms with van der Waals surface area (Å²) in [5.74, 6) is -2.00. The second kappa shape index (κ2) is 6.75. The third kappa shape index (κ3) is 3.44. The molecule has 1 saturated carbocycles. The van der Waals surface area contributed by atoms with Gasteiger partial charge in [0.25, 0.3) is 0 Å². The van der Waals surface area contributed by atoms with Gasteiger partial charge < -0.3 is 24.8 Å². The van der Waals surface area contributed by atoms with Gasteiger partial charge in [0.05, 0.1) is 26.2 Å². The van der Waals surface area contributed by atoms with Crippen LogP contribution >= 0.6 is 0 Å². The van der Waals surface area contributed by atoms with Gasteiger partial charge in [-0.1, -0.05) is 6.42 Å². The van der Waals surface area contributed by atoms with Gasteiger partial charge in [0.2, 0.25) is 0 Å². The molecule has 1 saturated heterocycles. The second-order valence-corrected chi connectivity index (χ2v) is 5.24. The van der Waals surface area contributed by atoms with Crippen LogP contribution in [0.3, 0.4) is 0 Å². The SMILES string of the molecule is COC(=O)C1COCCN1C(=O)NC1CCCC1C(=O)O. The minimum absolute atomic E-state index is 0.0904. The number of methoxy groups -OCH3 is 1. The Balaban J connectivity index is 2.00. The molecule has 0 aromatic rings. The largest absolute Gasteiger partial charge is 0.481 e. The number of ether oxygens (including phenoxy) is 2. The number of nitrogens with zero attached hydrogens (tertiary/aromatic N) is 1. The molecule has 0 radical (unpaired) electrons. The number of carbonyl (C=O) groups excluding carboxylic acids is 2. The zero-order valence-corrected chi connectivity index (χ0v) is 11.9. The van der Waals surface area contributed by atoms with Crippen molar-refractivity contribution in [2.75, 3.05) is 26.9 Å². The van der Waals surface area contributed by atoms with Gasteiger partial charge in [-0.25, -0.2) is 9.59 Å². The molecule has 2 fully saturated rings. The molecule has 2 aliphatic rings. The van der Waals surface area contributed by atoms with Crippen LogP contribution in [0.1, 0.15) is 19.3 Å². The Bertz CT molecular complexity index is 427. The number of aliphatic carboxylic acids is 1. The number of morpholine rings is 1. The predicted molar refractivity (Wildman–Crippen MR) is 70.6 cm³/mol. The van der Waals surface area contributed by atoms with E-state index in [0.717, 1.165) is 6.42 Å². The van der Waals surface area contributed by atoms with Crippen LogP contribution in [0.5, 0.6) is 0 Å². The van der Waals surface area contributed by atoms with Gasteiger partial charge in [0, 0.05) is 12.6 Å². The molecule has 0 spiro atoms. The van der Waals surface area contributed by atoms with Crippen molar-refractivity contribution in [3.05, 3.63) is 0 Å². The molecule has 2 amide bonds. The number of nitrogens with one attached hydrogen (secondary N) is 1. The average Bonchev–Trinajstić information content (AvgIpc) is 2.94. The summed E-state index contributed by atoms with van der Waals surface area (Å²) >= 11 is 0. The smallest absolute Gasteiger partial charge is 0.331 e. The first-order chi connectivity index (χ1) is 10.0. The molecule has 2 rings (SSSR count). The summed E-state index contributed by atoms with van der Waals surface area (Å²) in [6.07, 6.45) is 1.96. The molecular formula is C13H20N2O6. The van der Waals surface area contributed by atoms with E-state index in [4.69, 9.17) is 9.84 Å². The van der Waals surface area contributed by atoms with Crippen LogP contribution in [0, 0.1) is 5.92 Å². The molecule has 0 aromatic heterocycles. The van der Waals surface area contributed by atoms with Crippen LogP contribution in [0.4, 0.5) is 4.79 Å². The summed E-state index contributed by atoms with van der Waals surface area (Å²) in [7, 11) is 1.25. The third-order valence-electron chi connectivity index (χ3n) is 4.00. The van der Waals surface area contributed by atoms with Crippen LogP contribution in [0.2, 0.25) is 0 Å². The van der Waals surface area contributed by atoms with Crippen molar-refractivity contribution in [3.63, 3.8) is 0 Å². The fraction of sp³-hybridized carbons (Fsp3) is 0.769. The van der Waals surface area contributed by atoms with E-state index < -0.39 is 36.0 Å². The first kappa shape index (κ1) is 15.6. The molecule has 2 N–H and O–H groups in total. The zero-order chi connectivity index (χ0) is 15.4. The van der Waals surface area contributed by atoms with Crippen molar-refractivity contribution in [1.29, 1.82) is 0 Å². The number of carbonyl (C=O) groups is 3. The number of carboxylic acids is 1. The lowest BCUT2D eigenvalue weighted by Crippen LogP contribution is -2.58. The highest BCUT2D eigenvalue weighted by Gasteiger charge is 2.38. The maximum absolute atomic E-state index is 12.3. The number of carboxylic acid groups (broad SMARTS) is 1. The molecule has 118 valence electrons. The summed E-state index contributed by atoms with van der Waals surface area (Å²) in [6.45, 7) is 0.705. The minimum Gasteiger partial charge on any atom is -0.481 e. The second-order valence-electron chi connectivity index (χ2n) is 5.24. The Hall–Kier alpha value is -1.83. The lowest BCUT2D eigenvalue weighted by Gasteiger charge is -2.34. The molecule has 8 heteroatoms. The van der Waals surface area contributed by atoms with Gasteiger partial charge in [-0.15, -0.1) is 0 Å². The van der Waals surface area contributed by atoms with Crippen molar-refractivity contribution < 1.29 is 29.0 Å². The summed E-state index contributed by atoms with van der Waals surface area (Å²) in [5.41, 5.74) is 0. The van der Waals surface area contributed by atoms with Crippen molar-refractivity contribution >= 4 is 18.0 Å². The van der Waals surface area contributed by atoms with Gasteiger partial charge in [-0.3, -0.25) is 4.79 Å². The number of hydrogen-bond acceptors (Lipinski definition) is 5. The monoisotopic (exact) mass is 300 g/mol. The number of hydrogen-bond donors (Lipinski definition) is 2. The highest BCUT2D eigenvalue weighted by Crippen LogP contribution is 2.26. The summed E-state index contributed by atoms with van der Waals surface area (Å²) < 4.78 is 9.86. The van der Waals surface area contributed by atoms with Crippen LogP contribution in [0.25, 0.3) is 0 Å². The number of urea groups is 1. The summed E-state index contributed by atoms with van der Waals surface area (Å²) in [4.78, 5) is 36.5. The van der Waals surface area contributed by atoms with Crippen LogP contribution in [-0.2, 0) is 19.1 Å². The van der Waals surface area contributed by atoms with Crippen LogP contribution < -0.4 is 5.32 Å². The van der Waals surface area contributed by atoms with E-state index in [0.29, 0.717) is 19.4 Å². The van der Waals surface area contributed by atoms with Gasteiger partial charge >= 0.3 is 18.0 Å². The van der Waals surface area contributed by atoms with Crippen molar-refractivity contribution in [1.82, 2.24) is 10.2 Å². The van der Waals surface area contributed by atoms with Crippen LogP contribution in [-0.4, -0.2) is 66.9 Å². The zero-order valence-electron chi connectivity index (χ0n) is 11.9. The maximum atomic E-state index is 12.3. The molecule has 1 aliphatic heterocycles. The first-order valence-electron chi connectivity index (χ1n) is 7.00. The highest BCUT2D eigenvalue weighted by atomic mass is 16.5. The fourth-order valence-electron chi connectivity index (χ4n) is 2.85. The van der Waals surface area contributed by atoms with Crippen molar-refractivity contribution in [2.45, 2.75) is 31.3 Å². The first-order valence-corrected chi connectivity index (χ1v) is 7.00. The Morgan fingerprint density at radius 1 is 1.33 bits per heavy atom. The minimum atomic E-state index is -0.899. The molecular weight excluding hydrogens is 280 g/mol. The molecule has 1 aliphatic carbocycles. The molecule has 0 bridgehead atoms. The Kier molecular flexibility index (Phi) is 5.00. The van der Waals surface area contributed by atoms with Gasteiger partial charge in [0.1, 0.15) is 0 Å². The van der Waals surface area contributed by atoms with Crippen LogP contribution in [0.15, 0.2) is 0 Å². The Morgan fingerprint density at radius 3 is 2.76 bits per heavy atom. The van der Waals surface area contributed by atoms with E-state index in [2.05, 4.69) is 10.1 Å². The lowest BCUT2D eigenvalue weighted by atomic mass is 10.0. The van der Waals surface area contributed by atoms with E-state index in [1.165, 1.54) is 12.0 Å². The maximum Gasteiger partial charge on any atom is 0.331 e. The Morgan fingerprint density at radius 2 is 2.10 bits per heavy atom. The number of rotatable bonds is 3. The van der Waals surface area contributed by atoms with E-state index in [1.54, 1.807) is 0 Å². The molecule has 1 heterocycles. The molecule has 3 atom stereocenters. The highest BCUT2D eigenvalue weighted by molar-refractivity contribution is 5.84. The number of esters is 1. The Labute approximate surface area is 122 Å². The van der Waals surface area contributed by atoms with Crippen molar-refractivity contribution in [2.24, 2.45) is 5.92 Å². The van der Waals surface area contributed by atoms with Crippen molar-refractivity contribution in [3.8, 4) is 0 Å². The van der Waals surface area contributed by atoms with Gasteiger partial charge in [-0.2, -0.15) is 0 Å². The van der Waals surface area contributed by atoms with Gasteiger partial charge in [-0.05, 0) is 12.8 Å². The quantitative estimate of drug-likeness (QED) is 0.701. The normalized spacial score (nSPS) is 29.0. The average molecular weight is 300 g/mol. The standard InChI is InChI=1S/C13H20N2O6/c1-20-12(18)10-7-21-6-5-15(10)13(19)14-9-4-2-3-8(9)11(16)17/h8-10H,2-7H2,1H3,(H,14,19)(H,16,17). The lowest BCUT2D eigenvalue weighted by molar-refractivity contribution is -0.151. The summed E-state index contributed by atoms with van der Waals surface area (Å²) in [6, 6.07) is -1.61. The predicted octanol–water partition coefficient (Wildman–Crippen LogP) is -0.177. The van der Waals surface area contributed by atoms with Gasteiger partial charge in [0.15, 0.2) is 6.04 Å². The molecule has 8 nitrogen and oxygen atoms in total. The topological polar surface area (TPSA) is 105 Å². The fourth-order valence-corrected chi connectivity index (χ4v) is 2.85. The van der Waals surface area contributed by atoms with E-state index in [1.807, 2.05) is 0 Å². The van der Waals surface area contributed by atoms with E-state index >= 15 is 0 Å². The van der Waals surface area contributed by atoms with E-state index in [9.17, 15) is 14.4 Å².